The van der Waals surface area contributed by atoms with Crippen LogP contribution < -0.4 is 0 Å². The molecule has 1 saturated heterocycles. The van der Waals surface area contributed by atoms with Gasteiger partial charge in [0.15, 0.2) is 0 Å². The number of para-hydroxylation sites is 1. The van der Waals surface area contributed by atoms with E-state index < -0.39 is 0 Å². The van der Waals surface area contributed by atoms with Crippen molar-refractivity contribution >= 4 is 16.8 Å². The molecule has 4 aromatic rings. The van der Waals surface area contributed by atoms with Crippen LogP contribution in [0.3, 0.4) is 0 Å². The second-order valence-corrected chi connectivity index (χ2v) is 7.31. The predicted molar refractivity (Wildman–Crippen MR) is 116 cm³/mol. The molecule has 1 unspecified atom stereocenters. The van der Waals surface area contributed by atoms with E-state index in [1.807, 2.05) is 83.8 Å². The van der Waals surface area contributed by atoms with Gasteiger partial charge in [-0.25, -0.2) is 4.98 Å². The van der Waals surface area contributed by atoms with Gasteiger partial charge in [-0.2, -0.15) is 0 Å². The van der Waals surface area contributed by atoms with Gasteiger partial charge in [-0.05, 0) is 29.8 Å². The molecule has 0 bridgehead atoms. The number of fused-ring (bicyclic) bond motifs is 1. The first-order chi connectivity index (χ1) is 14.8. The molecule has 1 aliphatic rings. The van der Waals surface area contributed by atoms with Gasteiger partial charge in [0.2, 0.25) is 0 Å². The van der Waals surface area contributed by atoms with Crippen LogP contribution in [-0.4, -0.2) is 40.5 Å². The van der Waals surface area contributed by atoms with Gasteiger partial charge in [0.25, 0.3) is 5.91 Å². The zero-order chi connectivity index (χ0) is 20.3. The van der Waals surface area contributed by atoms with Crippen LogP contribution in [-0.2, 0) is 4.74 Å². The van der Waals surface area contributed by atoms with E-state index in [-0.39, 0.29) is 12.0 Å². The lowest BCUT2D eigenvalue weighted by Crippen LogP contribution is -2.42. The number of amides is 1. The van der Waals surface area contributed by atoms with Crippen molar-refractivity contribution in [3.05, 3.63) is 96.2 Å². The Bertz CT molecular complexity index is 1180. The van der Waals surface area contributed by atoms with Crippen molar-refractivity contribution < 1.29 is 9.53 Å². The molecule has 5 nitrogen and oxygen atoms in total. The van der Waals surface area contributed by atoms with Gasteiger partial charge in [0.1, 0.15) is 6.10 Å². The van der Waals surface area contributed by atoms with E-state index in [9.17, 15) is 4.79 Å². The summed E-state index contributed by atoms with van der Waals surface area (Å²) >= 11 is 0. The molecule has 1 amide bonds. The number of ether oxygens (including phenoxy) is 1. The van der Waals surface area contributed by atoms with Crippen LogP contribution >= 0.6 is 0 Å². The first kappa shape index (κ1) is 18.5. The minimum absolute atomic E-state index is 0.00462. The average Bonchev–Trinajstić information content (AvgIpc) is 2.84. The predicted octanol–water partition coefficient (Wildman–Crippen LogP) is 4.51. The maximum atomic E-state index is 13.6. The third-order valence-corrected chi connectivity index (χ3v) is 5.40. The summed E-state index contributed by atoms with van der Waals surface area (Å²) < 4.78 is 5.94. The number of aromatic nitrogens is 2. The number of hydrogen-bond donors (Lipinski definition) is 0. The van der Waals surface area contributed by atoms with E-state index in [2.05, 4.69) is 4.98 Å². The van der Waals surface area contributed by atoms with Gasteiger partial charge >= 0.3 is 0 Å². The Hall–Kier alpha value is -3.57. The van der Waals surface area contributed by atoms with Gasteiger partial charge in [-0.1, -0.05) is 54.6 Å². The first-order valence-corrected chi connectivity index (χ1v) is 10.1. The van der Waals surface area contributed by atoms with E-state index in [4.69, 9.17) is 9.72 Å². The van der Waals surface area contributed by atoms with Crippen molar-refractivity contribution in [1.82, 2.24) is 14.9 Å². The lowest BCUT2D eigenvalue weighted by atomic mass is 10.0. The summed E-state index contributed by atoms with van der Waals surface area (Å²) in [7, 11) is 0. The molecule has 0 aliphatic carbocycles. The fourth-order valence-corrected chi connectivity index (χ4v) is 3.87. The summed E-state index contributed by atoms with van der Waals surface area (Å²) in [5, 5.41) is 0.852. The van der Waals surface area contributed by atoms with Crippen LogP contribution in [0, 0.1) is 0 Å². The molecule has 5 heteroatoms. The number of morpholine rings is 1. The molecular weight excluding hydrogens is 374 g/mol. The monoisotopic (exact) mass is 395 g/mol. The molecule has 0 radical (unpaired) electrons. The molecular formula is C25H21N3O2. The van der Waals surface area contributed by atoms with Crippen LogP contribution in [0.4, 0.5) is 0 Å². The highest BCUT2D eigenvalue weighted by molar-refractivity contribution is 6.07. The second-order valence-electron chi connectivity index (χ2n) is 7.31. The molecule has 148 valence electrons. The highest BCUT2D eigenvalue weighted by Crippen LogP contribution is 2.27. The Kier molecular flexibility index (Phi) is 4.95. The van der Waals surface area contributed by atoms with Crippen molar-refractivity contribution in [2.75, 3.05) is 19.7 Å². The Labute approximate surface area is 175 Å². The van der Waals surface area contributed by atoms with Gasteiger partial charge in [0, 0.05) is 18.1 Å². The van der Waals surface area contributed by atoms with Crippen molar-refractivity contribution in [3.63, 3.8) is 0 Å². The zero-order valence-electron chi connectivity index (χ0n) is 16.4. The van der Waals surface area contributed by atoms with E-state index in [0.29, 0.717) is 31.0 Å². The molecule has 1 atom stereocenters. The van der Waals surface area contributed by atoms with Crippen LogP contribution in [0.15, 0.2) is 85.1 Å². The quantitative estimate of drug-likeness (QED) is 0.512. The fraction of sp³-hybridized carbons (Fsp3) is 0.160. The average molecular weight is 395 g/mol. The van der Waals surface area contributed by atoms with Crippen molar-refractivity contribution in [2.24, 2.45) is 0 Å². The number of hydrogen-bond acceptors (Lipinski definition) is 4. The molecule has 1 aliphatic heterocycles. The van der Waals surface area contributed by atoms with Crippen LogP contribution in [0.5, 0.6) is 0 Å². The fourth-order valence-electron chi connectivity index (χ4n) is 3.87. The molecule has 0 N–H and O–H groups in total. The van der Waals surface area contributed by atoms with Gasteiger partial charge in [-0.3, -0.25) is 9.78 Å². The summed E-state index contributed by atoms with van der Waals surface area (Å²) in [6.45, 7) is 1.61. The normalized spacial score (nSPS) is 16.5. The molecule has 2 aromatic carbocycles. The van der Waals surface area contributed by atoms with Crippen LogP contribution in [0.2, 0.25) is 0 Å². The molecule has 2 aromatic heterocycles. The Balaban J connectivity index is 1.52. The maximum absolute atomic E-state index is 13.6. The highest BCUT2D eigenvalue weighted by Gasteiger charge is 2.27. The summed E-state index contributed by atoms with van der Waals surface area (Å²) in [5.74, 6) is -0.00462. The van der Waals surface area contributed by atoms with E-state index >= 15 is 0 Å². The minimum Gasteiger partial charge on any atom is -0.370 e. The maximum Gasteiger partial charge on any atom is 0.254 e. The third-order valence-electron chi connectivity index (χ3n) is 5.40. The van der Waals surface area contributed by atoms with Crippen molar-refractivity contribution in [3.8, 4) is 11.4 Å². The molecule has 1 fully saturated rings. The number of rotatable bonds is 3. The number of carbonyl (C=O) groups is 1. The number of carbonyl (C=O) groups excluding carboxylic acids is 1. The second kappa shape index (κ2) is 8.05. The molecule has 3 heterocycles. The minimum atomic E-state index is -0.118. The van der Waals surface area contributed by atoms with E-state index in [1.165, 1.54) is 0 Å². The third kappa shape index (κ3) is 3.55. The molecule has 0 spiro atoms. The SMILES string of the molecule is O=C(c1cc(-c2ccccn2)nc2ccccc12)N1CCOC(c2ccccc2)C1. The Morgan fingerprint density at radius 3 is 2.57 bits per heavy atom. The summed E-state index contributed by atoms with van der Waals surface area (Å²) in [6.07, 6.45) is 1.62. The van der Waals surface area contributed by atoms with Gasteiger partial charge < -0.3 is 9.64 Å². The largest absolute Gasteiger partial charge is 0.370 e. The topological polar surface area (TPSA) is 55.3 Å². The van der Waals surface area contributed by atoms with Crippen molar-refractivity contribution in [2.45, 2.75) is 6.10 Å². The highest BCUT2D eigenvalue weighted by atomic mass is 16.5. The number of benzene rings is 2. The lowest BCUT2D eigenvalue weighted by Gasteiger charge is -2.33. The summed E-state index contributed by atoms with van der Waals surface area (Å²) in [6, 6.07) is 25.4. The lowest BCUT2D eigenvalue weighted by molar-refractivity contribution is -0.0227. The summed E-state index contributed by atoms with van der Waals surface area (Å²) in [4.78, 5) is 24.6. The van der Waals surface area contributed by atoms with Gasteiger partial charge in [0.05, 0.1) is 35.6 Å². The molecule has 30 heavy (non-hydrogen) atoms. The molecule has 5 rings (SSSR count). The number of pyridine rings is 2. The Morgan fingerprint density at radius 1 is 0.933 bits per heavy atom. The van der Waals surface area contributed by atoms with Crippen LogP contribution in [0.1, 0.15) is 22.0 Å². The standard InChI is InChI=1S/C25H21N3O2/c29-25(28-14-15-30-24(17-28)18-8-2-1-3-9-18)20-16-23(22-12-6-7-13-26-22)27-21-11-5-4-10-19(20)21/h1-13,16,24H,14-15,17H2. The Morgan fingerprint density at radius 2 is 1.73 bits per heavy atom. The zero-order valence-corrected chi connectivity index (χ0v) is 16.4. The number of nitrogens with zero attached hydrogens (tertiary/aromatic N) is 3. The molecule has 0 saturated carbocycles. The first-order valence-electron chi connectivity index (χ1n) is 10.1. The van der Waals surface area contributed by atoms with E-state index in [1.54, 1.807) is 6.20 Å². The van der Waals surface area contributed by atoms with Crippen LogP contribution in [0.25, 0.3) is 22.3 Å². The van der Waals surface area contributed by atoms with Crippen molar-refractivity contribution in [1.29, 1.82) is 0 Å². The van der Waals surface area contributed by atoms with Gasteiger partial charge in [-0.15, -0.1) is 0 Å². The smallest absolute Gasteiger partial charge is 0.254 e. The van der Waals surface area contributed by atoms with E-state index in [0.717, 1.165) is 22.2 Å². The summed E-state index contributed by atoms with van der Waals surface area (Å²) in [5.41, 5.74) is 3.97.